The van der Waals surface area contributed by atoms with E-state index in [1.54, 1.807) is 6.20 Å². The Morgan fingerprint density at radius 1 is 1.17 bits per heavy atom. The fourth-order valence-corrected chi connectivity index (χ4v) is 5.63. The maximum Gasteiger partial charge on any atom is 0.263 e. The van der Waals surface area contributed by atoms with E-state index < -0.39 is 0 Å². The van der Waals surface area contributed by atoms with Crippen molar-refractivity contribution in [3.8, 4) is 6.07 Å². The van der Waals surface area contributed by atoms with Crippen molar-refractivity contribution in [3.63, 3.8) is 0 Å². The van der Waals surface area contributed by atoms with E-state index in [1.165, 1.54) is 38.5 Å². The van der Waals surface area contributed by atoms with Crippen LogP contribution in [0.15, 0.2) is 11.8 Å². The Balaban J connectivity index is 1.62. The molecule has 0 heterocycles. The van der Waals surface area contributed by atoms with Crippen LogP contribution in [-0.2, 0) is 4.79 Å². The molecule has 2 N–H and O–H groups in total. The second-order valence-corrected chi connectivity index (χ2v) is 8.94. The Labute approximate surface area is 146 Å². The largest absolute Gasteiger partial charge is 0.387 e. The van der Waals surface area contributed by atoms with Gasteiger partial charge < -0.3 is 10.6 Å². The van der Waals surface area contributed by atoms with E-state index in [1.807, 2.05) is 19.9 Å². The molecule has 4 saturated carbocycles. The molecule has 4 aliphatic rings. The van der Waals surface area contributed by atoms with Crippen LogP contribution in [0.1, 0.15) is 59.3 Å². The summed E-state index contributed by atoms with van der Waals surface area (Å²) in [5.74, 6) is 2.85. The molecule has 4 heteroatoms. The second-order valence-electron chi connectivity index (χ2n) is 8.94. The number of nitrogens with zero attached hydrogens (tertiary/aromatic N) is 1. The number of nitrogens with one attached hydrogen (secondary N) is 2. The minimum atomic E-state index is -0.267. The molecule has 24 heavy (non-hydrogen) atoms. The van der Waals surface area contributed by atoms with Gasteiger partial charge in [0.25, 0.3) is 5.91 Å². The predicted molar refractivity (Wildman–Crippen MR) is 94.7 cm³/mol. The van der Waals surface area contributed by atoms with Gasteiger partial charge in [-0.05, 0) is 74.5 Å². The summed E-state index contributed by atoms with van der Waals surface area (Å²) in [6.07, 6.45) is 9.92. The molecule has 4 bridgehead atoms. The lowest BCUT2D eigenvalue weighted by Gasteiger charge is -2.59. The monoisotopic (exact) mass is 329 g/mol. The number of hydrogen-bond donors (Lipinski definition) is 2. The van der Waals surface area contributed by atoms with Gasteiger partial charge in [-0.25, -0.2) is 0 Å². The average Bonchev–Trinajstić information content (AvgIpc) is 2.51. The zero-order valence-electron chi connectivity index (χ0n) is 15.3. The molecule has 0 aromatic heterocycles. The van der Waals surface area contributed by atoms with E-state index in [2.05, 4.69) is 17.6 Å². The zero-order valence-corrected chi connectivity index (χ0v) is 15.3. The molecule has 4 aliphatic carbocycles. The van der Waals surface area contributed by atoms with Crippen molar-refractivity contribution < 1.29 is 4.79 Å². The fraction of sp³-hybridized carbons (Fsp3) is 0.800. The molecule has 1 atom stereocenters. The fourth-order valence-electron chi connectivity index (χ4n) is 5.63. The second kappa shape index (κ2) is 6.78. The van der Waals surface area contributed by atoms with Crippen LogP contribution in [0.4, 0.5) is 0 Å². The third kappa shape index (κ3) is 3.45. The molecule has 4 rings (SSSR count). The van der Waals surface area contributed by atoms with Gasteiger partial charge in [-0.15, -0.1) is 0 Å². The van der Waals surface area contributed by atoms with E-state index in [0.717, 1.165) is 17.8 Å². The molecule has 4 fully saturated rings. The molecule has 4 nitrogen and oxygen atoms in total. The smallest absolute Gasteiger partial charge is 0.263 e. The molecule has 0 aromatic rings. The first-order chi connectivity index (χ1) is 11.4. The summed E-state index contributed by atoms with van der Waals surface area (Å²) in [4.78, 5) is 12.1. The van der Waals surface area contributed by atoms with E-state index >= 15 is 0 Å². The maximum atomic E-state index is 12.1. The number of hydrogen-bond acceptors (Lipinski definition) is 3. The molecular formula is C20H31N3O. The zero-order chi connectivity index (χ0) is 17.3. The highest BCUT2D eigenvalue weighted by molar-refractivity contribution is 5.97. The van der Waals surface area contributed by atoms with Gasteiger partial charge >= 0.3 is 0 Å². The minimum absolute atomic E-state index is 0.187. The lowest BCUT2D eigenvalue weighted by molar-refractivity contribution is -0.117. The molecule has 0 spiro atoms. The Morgan fingerprint density at radius 2 is 1.71 bits per heavy atom. The van der Waals surface area contributed by atoms with Crippen molar-refractivity contribution in [3.05, 3.63) is 11.8 Å². The number of amides is 1. The Hall–Kier alpha value is -1.50. The van der Waals surface area contributed by atoms with Gasteiger partial charge in [-0.2, -0.15) is 5.26 Å². The molecule has 0 saturated heterocycles. The molecular weight excluding hydrogens is 298 g/mol. The topological polar surface area (TPSA) is 64.9 Å². The van der Waals surface area contributed by atoms with Crippen molar-refractivity contribution in [2.24, 2.45) is 29.1 Å². The summed E-state index contributed by atoms with van der Waals surface area (Å²) in [5, 5.41) is 15.5. The van der Waals surface area contributed by atoms with Gasteiger partial charge in [0.15, 0.2) is 0 Å². The molecule has 0 radical (unpaired) electrons. The van der Waals surface area contributed by atoms with Crippen molar-refractivity contribution in [2.45, 2.75) is 65.3 Å². The quantitative estimate of drug-likeness (QED) is 0.580. The van der Waals surface area contributed by atoms with Crippen LogP contribution in [0.5, 0.6) is 0 Å². The van der Waals surface area contributed by atoms with Gasteiger partial charge in [0.05, 0.1) is 0 Å². The van der Waals surface area contributed by atoms with E-state index in [9.17, 15) is 10.1 Å². The van der Waals surface area contributed by atoms with Crippen LogP contribution in [0.3, 0.4) is 0 Å². The minimum Gasteiger partial charge on any atom is -0.387 e. The van der Waals surface area contributed by atoms with Crippen molar-refractivity contribution in [2.75, 3.05) is 6.54 Å². The lowest BCUT2D eigenvalue weighted by atomic mass is 9.48. The van der Waals surface area contributed by atoms with Crippen molar-refractivity contribution in [1.29, 1.82) is 5.26 Å². The lowest BCUT2D eigenvalue weighted by Crippen LogP contribution is -2.54. The van der Waals surface area contributed by atoms with Gasteiger partial charge in [0, 0.05) is 18.8 Å². The Morgan fingerprint density at radius 3 is 2.17 bits per heavy atom. The average molecular weight is 329 g/mol. The normalized spacial score (nSPS) is 35.6. The van der Waals surface area contributed by atoms with Gasteiger partial charge in [0.2, 0.25) is 0 Å². The number of carbonyl (C=O) groups excluding carboxylic acids is 1. The van der Waals surface area contributed by atoms with Gasteiger partial charge in [0.1, 0.15) is 11.6 Å². The first-order valence-corrected chi connectivity index (χ1v) is 9.56. The van der Waals surface area contributed by atoms with E-state index in [0.29, 0.717) is 23.9 Å². The van der Waals surface area contributed by atoms with Gasteiger partial charge in [-0.3, -0.25) is 4.79 Å². The standard InChI is InChI=1S/C20H31N3O/c1-13(2)11-23-19(24)18(10-21)12-22-14(3)20-7-15-4-16(8-20)6-17(5-15)9-20/h12-17,22H,4-9,11H2,1-3H3,(H,23,24)/b18-12-. The Bertz CT molecular complexity index is 522. The molecule has 0 aromatic carbocycles. The summed E-state index contributed by atoms with van der Waals surface area (Å²) in [6.45, 7) is 6.93. The SMILES string of the molecule is CC(C)CNC(=O)/C(C#N)=C\NC(C)C12CC3CC(CC(C3)C1)C2. The third-order valence-electron chi connectivity index (χ3n) is 6.52. The van der Waals surface area contributed by atoms with E-state index in [-0.39, 0.29) is 11.5 Å². The van der Waals surface area contributed by atoms with Crippen molar-refractivity contribution >= 4 is 5.91 Å². The first kappa shape index (κ1) is 17.3. The highest BCUT2D eigenvalue weighted by Crippen LogP contribution is 2.61. The van der Waals surface area contributed by atoms with Gasteiger partial charge in [-0.1, -0.05) is 13.8 Å². The predicted octanol–water partition coefficient (Wildman–Crippen LogP) is 3.36. The van der Waals surface area contributed by atoms with Crippen molar-refractivity contribution in [1.82, 2.24) is 10.6 Å². The number of rotatable bonds is 6. The maximum absolute atomic E-state index is 12.1. The molecule has 1 amide bonds. The molecule has 0 aliphatic heterocycles. The van der Waals surface area contributed by atoms with Crippen LogP contribution in [0.25, 0.3) is 0 Å². The number of carbonyl (C=O) groups is 1. The Kier molecular flexibility index (Phi) is 4.90. The van der Waals surface area contributed by atoms with Crippen LogP contribution in [0, 0.1) is 40.4 Å². The first-order valence-electron chi connectivity index (χ1n) is 9.56. The summed E-state index contributed by atoms with van der Waals surface area (Å²) in [6, 6.07) is 2.37. The molecule has 132 valence electrons. The summed E-state index contributed by atoms with van der Waals surface area (Å²) in [5.41, 5.74) is 0.562. The third-order valence-corrected chi connectivity index (χ3v) is 6.52. The van der Waals surface area contributed by atoms with Crippen LogP contribution in [0.2, 0.25) is 0 Å². The highest BCUT2D eigenvalue weighted by Gasteiger charge is 2.52. The van der Waals surface area contributed by atoms with Crippen LogP contribution >= 0.6 is 0 Å². The molecule has 1 unspecified atom stereocenters. The van der Waals surface area contributed by atoms with Crippen LogP contribution < -0.4 is 10.6 Å². The summed E-state index contributed by atoms with van der Waals surface area (Å²) < 4.78 is 0. The van der Waals surface area contributed by atoms with E-state index in [4.69, 9.17) is 0 Å². The summed E-state index contributed by atoms with van der Waals surface area (Å²) in [7, 11) is 0. The van der Waals surface area contributed by atoms with Crippen LogP contribution in [-0.4, -0.2) is 18.5 Å². The summed E-state index contributed by atoms with van der Waals surface area (Å²) >= 11 is 0. The number of nitriles is 1. The highest BCUT2D eigenvalue weighted by atomic mass is 16.1.